The van der Waals surface area contributed by atoms with Gasteiger partial charge in [0, 0.05) is 7.14 Å². The van der Waals surface area contributed by atoms with Crippen molar-refractivity contribution in [2.24, 2.45) is 0 Å². The lowest BCUT2D eigenvalue weighted by Crippen LogP contribution is -3.00. The third kappa shape index (κ3) is 10.2. The third-order valence-corrected chi connectivity index (χ3v) is 3.46. The molecule has 0 saturated carbocycles. The lowest BCUT2D eigenvalue weighted by atomic mass is 10.2. The molecule has 0 aliphatic rings. The van der Waals surface area contributed by atoms with E-state index in [9.17, 15) is 0 Å². The summed E-state index contributed by atoms with van der Waals surface area (Å²) in [5.41, 5.74) is 2.65. The molecule has 0 fully saturated rings. The van der Waals surface area contributed by atoms with E-state index in [2.05, 4.69) is 108 Å². The van der Waals surface area contributed by atoms with E-state index in [-0.39, 0.29) is 48.0 Å². The highest BCUT2D eigenvalue weighted by atomic mass is 127. The summed E-state index contributed by atoms with van der Waals surface area (Å²) in [6, 6.07) is 16.9. The van der Waals surface area contributed by atoms with Crippen LogP contribution in [-0.4, -0.2) is 0 Å². The summed E-state index contributed by atoms with van der Waals surface area (Å²) < 4.78 is 2.60. The lowest BCUT2D eigenvalue weighted by Gasteiger charge is -1.88. The third-order valence-electron chi connectivity index (χ3n) is 2.02. The van der Waals surface area contributed by atoms with E-state index >= 15 is 0 Å². The first kappa shape index (κ1) is 21.7. The molecule has 0 unspecified atom stereocenters. The van der Waals surface area contributed by atoms with Gasteiger partial charge in [0.05, 0.1) is 0 Å². The van der Waals surface area contributed by atoms with Crippen molar-refractivity contribution in [2.75, 3.05) is 0 Å². The molecule has 2 rings (SSSR count). The first-order valence-corrected chi connectivity index (χ1v) is 7.18. The van der Waals surface area contributed by atoms with Crippen molar-refractivity contribution in [1.82, 2.24) is 0 Å². The smallest absolute Gasteiger partial charge is 0.0130 e. The highest BCUT2D eigenvalue weighted by Crippen LogP contribution is 2.05. The fraction of sp³-hybridized carbons (Fsp3) is 0.143. The number of rotatable bonds is 0. The highest BCUT2D eigenvalue weighted by molar-refractivity contribution is 14.1. The minimum absolute atomic E-state index is 0. The summed E-state index contributed by atoms with van der Waals surface area (Å²) in [6.07, 6.45) is 0. The van der Waals surface area contributed by atoms with E-state index in [1.807, 2.05) is 0 Å². The molecule has 0 spiro atoms. The van der Waals surface area contributed by atoms with Gasteiger partial charge in [-0.05, 0) is 83.3 Å². The predicted molar refractivity (Wildman–Crippen MR) is 87.8 cm³/mol. The largest absolute Gasteiger partial charge is 1.00 e. The average molecular weight is 682 g/mol. The van der Waals surface area contributed by atoms with Crippen LogP contribution in [0.25, 0.3) is 0 Å². The molecule has 0 nitrogen and oxygen atoms in total. The van der Waals surface area contributed by atoms with Crippen molar-refractivity contribution in [1.29, 1.82) is 0 Å². The summed E-state index contributed by atoms with van der Waals surface area (Å²) in [7, 11) is 0. The summed E-state index contributed by atoms with van der Waals surface area (Å²) in [5.74, 6) is 0. The molecule has 0 N–H and O–H groups in total. The lowest BCUT2D eigenvalue weighted by molar-refractivity contribution is -0.00100. The van der Waals surface area contributed by atoms with Crippen molar-refractivity contribution in [3.63, 3.8) is 0 Å². The van der Waals surface area contributed by atoms with Crippen LogP contribution in [0.3, 0.4) is 0 Å². The molecule has 0 aromatic heterocycles. The Balaban J connectivity index is 0. The van der Waals surface area contributed by atoms with Gasteiger partial charge in [-0.1, -0.05) is 35.4 Å². The zero-order chi connectivity index (χ0) is 12.0. The Bertz CT molecular complexity index is 335. The Morgan fingerprint density at radius 3 is 1.39 bits per heavy atom. The zero-order valence-corrected chi connectivity index (χ0v) is 18.8. The average Bonchev–Trinajstić information content (AvgIpc) is 2.28. The molecule has 18 heavy (non-hydrogen) atoms. The van der Waals surface area contributed by atoms with E-state index in [0.29, 0.717) is 0 Å². The maximum Gasteiger partial charge on any atom is 0.0130 e. The van der Waals surface area contributed by atoms with Crippen LogP contribution in [0.15, 0.2) is 48.5 Å². The quantitative estimate of drug-likeness (QED) is 0.320. The van der Waals surface area contributed by atoms with Crippen LogP contribution in [0.1, 0.15) is 11.1 Å². The molecule has 0 radical (unpaired) electrons. The van der Waals surface area contributed by atoms with E-state index in [0.717, 1.165) is 0 Å². The Morgan fingerprint density at radius 2 is 1.11 bits per heavy atom. The van der Waals surface area contributed by atoms with Crippen molar-refractivity contribution >= 4 is 45.2 Å². The second-order valence-corrected chi connectivity index (χ2v) is 6.08. The summed E-state index contributed by atoms with van der Waals surface area (Å²) in [5, 5.41) is 0. The van der Waals surface area contributed by atoms with Crippen molar-refractivity contribution in [3.8, 4) is 0 Å². The Morgan fingerprint density at radius 1 is 0.778 bits per heavy atom. The molecule has 0 atom stereocenters. The zero-order valence-electron chi connectivity index (χ0n) is 10.1. The van der Waals surface area contributed by atoms with E-state index in [1.165, 1.54) is 18.3 Å². The summed E-state index contributed by atoms with van der Waals surface area (Å²) in [4.78, 5) is 0. The fourth-order valence-electron chi connectivity index (χ4n) is 1.07. The molecule has 2 aromatic carbocycles. The second kappa shape index (κ2) is 12.1. The van der Waals surface area contributed by atoms with Crippen molar-refractivity contribution in [2.45, 2.75) is 13.8 Å². The number of hydrogen-bond donors (Lipinski definition) is 0. The maximum atomic E-state index is 2.30. The Kier molecular flexibility index (Phi) is 14.6. The van der Waals surface area contributed by atoms with E-state index in [1.54, 1.807) is 0 Å². The first-order chi connectivity index (χ1) is 7.58. The molecular weight excluding hydrogens is 668 g/mol. The van der Waals surface area contributed by atoms with Crippen LogP contribution in [0.5, 0.6) is 0 Å². The van der Waals surface area contributed by atoms with Crippen LogP contribution in [0.4, 0.5) is 0 Å². The van der Waals surface area contributed by atoms with Crippen LogP contribution in [-0.2, 0) is 0 Å². The number of hydrogen-bond acceptors (Lipinski definition) is 0. The number of aryl methyl sites for hydroxylation is 2. The van der Waals surface area contributed by atoms with Gasteiger partial charge in [-0.15, -0.1) is 0 Å². The summed E-state index contributed by atoms with van der Waals surface area (Å²) in [6.45, 7) is 4.19. The first-order valence-electron chi connectivity index (χ1n) is 5.02. The molecule has 0 amide bonds. The van der Waals surface area contributed by atoms with Gasteiger partial charge in [0.2, 0.25) is 0 Å². The van der Waals surface area contributed by atoms with E-state index < -0.39 is 0 Å². The van der Waals surface area contributed by atoms with Crippen LogP contribution >= 0.6 is 45.2 Å². The molecule has 4 heteroatoms. The number of benzene rings is 2. The molecule has 0 saturated heterocycles. The van der Waals surface area contributed by atoms with Crippen molar-refractivity contribution < 1.29 is 48.0 Å². The van der Waals surface area contributed by atoms with Gasteiger partial charge in [-0.25, -0.2) is 0 Å². The van der Waals surface area contributed by atoms with Gasteiger partial charge in [-0.2, -0.15) is 0 Å². The van der Waals surface area contributed by atoms with Gasteiger partial charge < -0.3 is 48.0 Å². The monoisotopic (exact) mass is 682 g/mol. The van der Waals surface area contributed by atoms with Crippen LogP contribution < -0.4 is 48.0 Å². The van der Waals surface area contributed by atoms with Crippen LogP contribution in [0.2, 0.25) is 0 Å². The second-order valence-electron chi connectivity index (χ2n) is 3.59. The van der Waals surface area contributed by atoms with Gasteiger partial charge in [-0.3, -0.25) is 0 Å². The molecule has 2 aromatic rings. The Hall–Kier alpha value is 1.36. The van der Waals surface area contributed by atoms with Gasteiger partial charge in [0.1, 0.15) is 0 Å². The maximum absolute atomic E-state index is 2.30. The van der Waals surface area contributed by atoms with E-state index in [4.69, 9.17) is 0 Å². The standard InChI is InChI=1S/2C7H7I.2HI/c2*1-6-2-4-7(8)5-3-6;;/h2*2-5H,1H3;2*1H/p-2/i8+0;8-4;1+0;1-4. The van der Waals surface area contributed by atoms with Crippen LogP contribution in [0, 0.1) is 21.0 Å². The Labute approximate surface area is 171 Å². The van der Waals surface area contributed by atoms with Gasteiger partial charge in [0.25, 0.3) is 0 Å². The minimum Gasteiger partial charge on any atom is -1.00 e. The molecule has 0 bridgehead atoms. The normalized spacial score (nSPS) is 8.22. The van der Waals surface area contributed by atoms with Gasteiger partial charge >= 0.3 is 0 Å². The highest BCUT2D eigenvalue weighted by Gasteiger charge is 1.82. The molecular formula is C14H14I4-2. The molecule has 0 aliphatic heterocycles. The summed E-state index contributed by atoms with van der Waals surface area (Å²) >= 11 is 4.59. The predicted octanol–water partition coefficient (Wildman–Crippen LogP) is -0.793. The molecule has 0 heterocycles. The molecule has 0 aliphatic carbocycles. The number of halogens is 4. The molecule has 100 valence electrons. The van der Waals surface area contributed by atoms with Gasteiger partial charge in [0.15, 0.2) is 0 Å². The fourth-order valence-corrected chi connectivity index (χ4v) is 1.79. The minimum atomic E-state index is 0. The van der Waals surface area contributed by atoms with Crippen molar-refractivity contribution in [3.05, 3.63) is 66.8 Å². The topological polar surface area (TPSA) is 0 Å². The SMILES string of the molecule is Cc1ccc([123I])cc1.Cc1ccc([127I])cc1.[123I-].[127I-].